The summed E-state index contributed by atoms with van der Waals surface area (Å²) in [6.07, 6.45) is 7.64. The Hall–Kier alpha value is -2.27. The van der Waals surface area contributed by atoms with Gasteiger partial charge in [-0.3, -0.25) is 0 Å². The molecule has 8 heteroatoms. The van der Waals surface area contributed by atoms with Crippen LogP contribution in [-0.2, 0) is 34.7 Å². The van der Waals surface area contributed by atoms with Gasteiger partial charge in [0.2, 0.25) is 0 Å². The van der Waals surface area contributed by atoms with Crippen LogP contribution in [0.1, 0.15) is 52.0 Å². The second-order valence-corrected chi connectivity index (χ2v) is 20.7. The summed E-state index contributed by atoms with van der Waals surface area (Å²) >= 11 is 1.97. The van der Waals surface area contributed by atoms with Gasteiger partial charge >= 0.3 is 0 Å². The lowest BCUT2D eigenvalue weighted by Crippen LogP contribution is -2.67. The number of fused-ring (bicyclic) bond motifs is 1. The fourth-order valence-corrected chi connectivity index (χ4v) is 15.0. The molecule has 6 nitrogen and oxygen atoms in total. The second kappa shape index (κ2) is 13.1. The molecule has 5 aliphatic heterocycles. The van der Waals surface area contributed by atoms with E-state index in [0.29, 0.717) is 19.8 Å². The summed E-state index contributed by atoms with van der Waals surface area (Å²) in [4.78, 5) is 0. The van der Waals surface area contributed by atoms with E-state index in [4.69, 9.17) is 28.1 Å². The number of hydrogen-bond acceptors (Lipinski definition) is 7. The minimum absolute atomic E-state index is 0.0251. The van der Waals surface area contributed by atoms with Crippen LogP contribution in [0.25, 0.3) is 0 Å². The van der Waals surface area contributed by atoms with Gasteiger partial charge in [-0.05, 0) is 39.9 Å². The molecule has 5 heterocycles. The first-order chi connectivity index (χ1) is 23.3. The maximum absolute atomic E-state index is 7.28. The average molecular weight is 685 g/mol. The Balaban J connectivity index is 0.950. The van der Waals surface area contributed by atoms with Crippen molar-refractivity contribution in [3.8, 4) is 0 Å². The predicted molar refractivity (Wildman–Crippen MR) is 192 cm³/mol. The SMILES string of the molecule is CC(C)(C)[Si](OC[C@@H]1CC2OC34OC5(C=CCC(COCc6ccccc6)O5)C[C@H]3SC[C@@H]4CC2O1)(c1ccccc1)c1ccccc1. The summed E-state index contributed by atoms with van der Waals surface area (Å²) in [5.41, 5.74) is 1.17. The summed E-state index contributed by atoms with van der Waals surface area (Å²) in [5.74, 6) is -0.145. The number of ether oxygens (including phenoxy) is 5. The molecule has 8 rings (SSSR count). The van der Waals surface area contributed by atoms with Crippen molar-refractivity contribution in [2.24, 2.45) is 5.92 Å². The molecule has 0 radical (unpaired) electrons. The van der Waals surface area contributed by atoms with Crippen molar-refractivity contribution in [2.45, 2.75) is 99.3 Å². The van der Waals surface area contributed by atoms with E-state index in [1.807, 2.05) is 30.0 Å². The quantitative estimate of drug-likeness (QED) is 0.186. The van der Waals surface area contributed by atoms with E-state index < -0.39 is 19.9 Å². The van der Waals surface area contributed by atoms with Gasteiger partial charge < -0.3 is 28.1 Å². The van der Waals surface area contributed by atoms with Gasteiger partial charge in [-0.15, -0.1) is 0 Å². The molecule has 48 heavy (non-hydrogen) atoms. The molecule has 3 aromatic carbocycles. The van der Waals surface area contributed by atoms with Gasteiger partial charge in [0.1, 0.15) is 0 Å². The van der Waals surface area contributed by atoms with Gasteiger partial charge in [0.15, 0.2) is 11.6 Å². The fraction of sp³-hybridized carbons (Fsp3) is 0.500. The molecule has 0 amide bonds. The van der Waals surface area contributed by atoms with E-state index >= 15 is 0 Å². The molecule has 0 aromatic heterocycles. The third kappa shape index (κ3) is 5.96. The van der Waals surface area contributed by atoms with Crippen molar-refractivity contribution in [1.29, 1.82) is 0 Å². The van der Waals surface area contributed by atoms with Crippen molar-refractivity contribution in [3.63, 3.8) is 0 Å². The Bertz CT molecular complexity index is 1530. The van der Waals surface area contributed by atoms with Crippen LogP contribution in [0.2, 0.25) is 5.04 Å². The Morgan fingerprint density at radius 2 is 1.50 bits per heavy atom. The lowest BCUT2D eigenvalue weighted by Gasteiger charge is -2.45. The van der Waals surface area contributed by atoms with Crippen molar-refractivity contribution in [2.75, 3.05) is 19.0 Å². The number of thioether (sulfide) groups is 1. The molecule has 8 atom stereocenters. The molecule has 5 unspecified atom stereocenters. The lowest BCUT2D eigenvalue weighted by molar-refractivity contribution is -0.355. The minimum Gasteiger partial charge on any atom is -0.405 e. The average Bonchev–Trinajstić information content (AvgIpc) is 3.72. The summed E-state index contributed by atoms with van der Waals surface area (Å²) in [7, 11) is -2.66. The highest BCUT2D eigenvalue weighted by Gasteiger charge is 2.68. The van der Waals surface area contributed by atoms with E-state index in [2.05, 4.69) is 106 Å². The van der Waals surface area contributed by atoms with Crippen LogP contribution in [0.5, 0.6) is 0 Å². The molecule has 3 aromatic rings. The molecule has 0 aliphatic carbocycles. The van der Waals surface area contributed by atoms with Gasteiger partial charge in [0.25, 0.3) is 8.32 Å². The van der Waals surface area contributed by atoms with Crippen LogP contribution < -0.4 is 10.4 Å². The van der Waals surface area contributed by atoms with Crippen LogP contribution >= 0.6 is 11.8 Å². The van der Waals surface area contributed by atoms with Crippen molar-refractivity contribution in [1.82, 2.24) is 0 Å². The molecule has 0 saturated carbocycles. The monoisotopic (exact) mass is 684 g/mol. The molecule has 0 N–H and O–H groups in total. The van der Waals surface area contributed by atoms with E-state index in [0.717, 1.165) is 31.4 Å². The smallest absolute Gasteiger partial charge is 0.261 e. The third-order valence-corrected chi connectivity index (χ3v) is 17.4. The standard InChI is InChI=1S/C40H48O6SSi/c1-38(2,3)48(33-17-9-5-10-18-33,34-19-11-6-12-20-34)42-27-32-23-36-35(43-32)22-30-28-47-37-24-39(46-40(30,37)45-36)21-13-16-31(44-39)26-41-25-29-14-7-4-8-15-29/h4-15,17-21,30-32,35-37H,16,22-28H2,1-3H3/t30-,31?,32-,35?,36?,37+,39?,40?/m0/s1. The number of hydrogen-bond donors (Lipinski definition) is 0. The molecule has 254 valence electrons. The number of rotatable bonds is 9. The maximum Gasteiger partial charge on any atom is 0.261 e. The first-order valence-corrected chi connectivity index (χ1v) is 20.6. The number of benzene rings is 3. The normalized spacial score (nSPS) is 34.2. The summed E-state index contributed by atoms with van der Waals surface area (Å²) in [6, 6.07) is 32.0. The van der Waals surface area contributed by atoms with E-state index in [1.54, 1.807) is 0 Å². The highest BCUT2D eigenvalue weighted by atomic mass is 32.2. The summed E-state index contributed by atoms with van der Waals surface area (Å²) in [5, 5.41) is 2.72. The van der Waals surface area contributed by atoms with Crippen molar-refractivity contribution >= 4 is 30.5 Å². The van der Waals surface area contributed by atoms with Gasteiger partial charge in [0, 0.05) is 24.5 Å². The Morgan fingerprint density at radius 1 is 0.812 bits per heavy atom. The predicted octanol–water partition coefficient (Wildman–Crippen LogP) is 6.62. The maximum atomic E-state index is 7.28. The molecule has 4 saturated heterocycles. The van der Waals surface area contributed by atoms with E-state index in [1.165, 1.54) is 15.9 Å². The third-order valence-electron chi connectivity index (χ3n) is 10.9. The lowest BCUT2D eigenvalue weighted by atomic mass is 9.86. The second-order valence-electron chi connectivity index (χ2n) is 15.1. The largest absolute Gasteiger partial charge is 0.405 e. The van der Waals surface area contributed by atoms with Crippen molar-refractivity contribution < 1.29 is 28.1 Å². The fourth-order valence-electron chi connectivity index (χ4n) is 8.74. The molecule has 4 fully saturated rings. The molecule has 0 bridgehead atoms. The highest BCUT2D eigenvalue weighted by Crippen LogP contribution is 2.60. The topological polar surface area (TPSA) is 55.4 Å². The zero-order valence-corrected chi connectivity index (χ0v) is 30.1. The van der Waals surface area contributed by atoms with Gasteiger partial charge in [-0.1, -0.05) is 118 Å². The van der Waals surface area contributed by atoms with Gasteiger partial charge in [-0.25, -0.2) is 0 Å². The summed E-state index contributed by atoms with van der Waals surface area (Å²) < 4.78 is 41.0. The van der Waals surface area contributed by atoms with Gasteiger partial charge in [-0.2, -0.15) is 11.8 Å². The summed E-state index contributed by atoms with van der Waals surface area (Å²) in [6.45, 7) is 8.63. The van der Waals surface area contributed by atoms with Gasteiger partial charge in [0.05, 0.1) is 49.5 Å². The molecule has 5 aliphatic rings. The Labute approximate surface area is 290 Å². The first kappa shape index (κ1) is 32.9. The highest BCUT2D eigenvalue weighted by molar-refractivity contribution is 8.00. The first-order valence-electron chi connectivity index (χ1n) is 17.7. The van der Waals surface area contributed by atoms with E-state index in [-0.39, 0.29) is 40.6 Å². The van der Waals surface area contributed by atoms with Crippen LogP contribution in [0.4, 0.5) is 0 Å². The Kier molecular flexibility index (Phi) is 9.00. The minimum atomic E-state index is -2.66. The molecular formula is C40H48O6SSi. The zero-order chi connectivity index (χ0) is 32.8. The zero-order valence-electron chi connectivity index (χ0n) is 28.3. The Morgan fingerprint density at radius 3 is 2.19 bits per heavy atom. The van der Waals surface area contributed by atoms with Crippen LogP contribution in [0.15, 0.2) is 103 Å². The van der Waals surface area contributed by atoms with Crippen LogP contribution in [0, 0.1) is 5.92 Å². The van der Waals surface area contributed by atoms with E-state index in [9.17, 15) is 0 Å². The van der Waals surface area contributed by atoms with Crippen LogP contribution in [-0.4, -0.2) is 68.5 Å². The molecular weight excluding hydrogens is 637 g/mol. The molecule has 2 spiro atoms. The van der Waals surface area contributed by atoms with Crippen LogP contribution in [0.3, 0.4) is 0 Å². The van der Waals surface area contributed by atoms with Crippen molar-refractivity contribution in [3.05, 3.63) is 109 Å².